The first-order valence-corrected chi connectivity index (χ1v) is 7.26. The van der Waals surface area contributed by atoms with E-state index in [2.05, 4.69) is 40.1 Å². The number of benzene rings is 1. The lowest BCUT2D eigenvalue weighted by Gasteiger charge is -2.07. The maximum absolute atomic E-state index is 13.5. The zero-order valence-electron chi connectivity index (χ0n) is 11.4. The molecule has 0 fully saturated rings. The maximum atomic E-state index is 13.5. The molecule has 0 bridgehead atoms. The van der Waals surface area contributed by atoms with E-state index in [-0.39, 0.29) is 5.82 Å². The van der Waals surface area contributed by atoms with E-state index < -0.39 is 0 Å². The Morgan fingerprint density at radius 2 is 2.21 bits per heavy atom. The van der Waals surface area contributed by atoms with Crippen molar-refractivity contribution in [1.82, 2.24) is 5.32 Å². The third-order valence-corrected chi connectivity index (χ3v) is 3.06. The minimum absolute atomic E-state index is 0.171. The number of nitrogens with two attached hydrogens (primary N) is 1. The number of rotatable bonds is 6. The number of halogens is 2. The Bertz CT molecular complexity index is 433. The summed E-state index contributed by atoms with van der Waals surface area (Å²) in [4.78, 5) is 4.20. The molecular weight excluding hydrogens is 309 g/mol. The van der Waals surface area contributed by atoms with Crippen molar-refractivity contribution in [2.75, 3.05) is 13.1 Å². The average molecular weight is 330 g/mol. The Morgan fingerprint density at radius 1 is 1.47 bits per heavy atom. The van der Waals surface area contributed by atoms with Gasteiger partial charge in [-0.15, -0.1) is 0 Å². The van der Waals surface area contributed by atoms with Crippen molar-refractivity contribution >= 4 is 21.9 Å². The van der Waals surface area contributed by atoms with Crippen LogP contribution in [0.1, 0.15) is 25.8 Å². The van der Waals surface area contributed by atoms with Crippen LogP contribution in [0.5, 0.6) is 0 Å². The molecule has 0 aliphatic heterocycles. The summed E-state index contributed by atoms with van der Waals surface area (Å²) in [7, 11) is 0. The second-order valence-corrected chi connectivity index (χ2v) is 5.80. The van der Waals surface area contributed by atoms with E-state index in [4.69, 9.17) is 5.73 Å². The molecule has 3 N–H and O–H groups in total. The smallest absolute Gasteiger partial charge is 0.188 e. The van der Waals surface area contributed by atoms with Gasteiger partial charge in [-0.25, -0.2) is 4.39 Å². The lowest BCUT2D eigenvalue weighted by molar-refractivity contribution is 0.602. The van der Waals surface area contributed by atoms with Crippen molar-refractivity contribution in [3.05, 3.63) is 34.1 Å². The van der Waals surface area contributed by atoms with E-state index in [1.54, 1.807) is 6.07 Å². The van der Waals surface area contributed by atoms with Crippen LogP contribution in [0.3, 0.4) is 0 Å². The average Bonchev–Trinajstić information content (AvgIpc) is 2.34. The standard InChI is InChI=1S/C14H21BrFN3/c1-10(2)9-19-14(17)18-7-3-4-11-5-6-12(15)8-13(11)16/h5-6,8,10H,3-4,7,9H2,1-2H3,(H3,17,18,19). The Morgan fingerprint density at radius 3 is 2.84 bits per heavy atom. The highest BCUT2D eigenvalue weighted by Crippen LogP contribution is 2.16. The molecule has 0 amide bonds. The van der Waals surface area contributed by atoms with Gasteiger partial charge >= 0.3 is 0 Å². The molecule has 0 aliphatic carbocycles. The quantitative estimate of drug-likeness (QED) is 0.478. The number of aliphatic imine (C=N–C) groups is 1. The molecule has 0 aromatic heterocycles. The summed E-state index contributed by atoms with van der Waals surface area (Å²) in [6, 6.07) is 5.14. The first kappa shape index (κ1) is 16.0. The van der Waals surface area contributed by atoms with Crippen LogP contribution >= 0.6 is 15.9 Å². The molecule has 0 saturated carbocycles. The van der Waals surface area contributed by atoms with Crippen molar-refractivity contribution in [2.45, 2.75) is 26.7 Å². The van der Waals surface area contributed by atoms with E-state index in [0.29, 0.717) is 24.8 Å². The summed E-state index contributed by atoms with van der Waals surface area (Å²) in [6.07, 6.45) is 1.50. The van der Waals surface area contributed by atoms with Gasteiger partial charge in [-0.3, -0.25) is 4.99 Å². The highest BCUT2D eigenvalue weighted by Gasteiger charge is 2.02. The molecule has 1 aromatic rings. The lowest BCUT2D eigenvalue weighted by atomic mass is 10.1. The number of aryl methyl sites for hydroxylation is 1. The highest BCUT2D eigenvalue weighted by molar-refractivity contribution is 9.10. The van der Waals surface area contributed by atoms with Gasteiger partial charge in [0.25, 0.3) is 0 Å². The molecule has 0 heterocycles. The molecule has 1 aromatic carbocycles. The maximum Gasteiger partial charge on any atom is 0.188 e. The summed E-state index contributed by atoms with van der Waals surface area (Å²) in [5, 5.41) is 3.04. The van der Waals surface area contributed by atoms with Gasteiger partial charge in [0.05, 0.1) is 0 Å². The Labute approximate surface area is 122 Å². The zero-order valence-corrected chi connectivity index (χ0v) is 13.0. The summed E-state index contributed by atoms with van der Waals surface area (Å²) in [5.41, 5.74) is 6.43. The zero-order chi connectivity index (χ0) is 14.3. The van der Waals surface area contributed by atoms with Crippen LogP contribution in [0.2, 0.25) is 0 Å². The monoisotopic (exact) mass is 329 g/mol. The normalized spacial score (nSPS) is 11.9. The number of hydrogen-bond acceptors (Lipinski definition) is 1. The van der Waals surface area contributed by atoms with Gasteiger partial charge < -0.3 is 11.1 Å². The molecule has 1 rings (SSSR count). The third-order valence-electron chi connectivity index (χ3n) is 2.57. The fourth-order valence-electron chi connectivity index (χ4n) is 1.56. The SMILES string of the molecule is CC(C)CN=C(N)NCCCc1ccc(Br)cc1F. The summed E-state index contributed by atoms with van der Waals surface area (Å²) in [6.45, 7) is 5.60. The second-order valence-electron chi connectivity index (χ2n) is 4.89. The fraction of sp³-hybridized carbons (Fsp3) is 0.500. The van der Waals surface area contributed by atoms with Crippen LogP contribution in [0, 0.1) is 11.7 Å². The first-order chi connectivity index (χ1) is 8.99. The topological polar surface area (TPSA) is 50.4 Å². The summed E-state index contributed by atoms with van der Waals surface area (Å²) >= 11 is 3.24. The largest absolute Gasteiger partial charge is 0.370 e. The van der Waals surface area contributed by atoms with Crippen molar-refractivity contribution in [3.63, 3.8) is 0 Å². The molecule has 0 unspecified atom stereocenters. The Balaban J connectivity index is 2.29. The van der Waals surface area contributed by atoms with Crippen LogP contribution < -0.4 is 11.1 Å². The van der Waals surface area contributed by atoms with Crippen LogP contribution in [0.4, 0.5) is 4.39 Å². The molecule has 0 spiro atoms. The molecule has 19 heavy (non-hydrogen) atoms. The van der Waals surface area contributed by atoms with Gasteiger partial charge in [0.2, 0.25) is 0 Å². The minimum atomic E-state index is -0.171. The second kappa shape index (κ2) is 8.15. The number of nitrogens with zero attached hydrogens (tertiary/aromatic N) is 1. The summed E-state index contributed by atoms with van der Waals surface area (Å²) < 4.78 is 14.3. The lowest BCUT2D eigenvalue weighted by Crippen LogP contribution is -2.33. The van der Waals surface area contributed by atoms with Crippen LogP contribution in [0.15, 0.2) is 27.7 Å². The predicted octanol–water partition coefficient (Wildman–Crippen LogP) is 3.08. The molecular formula is C14H21BrFN3. The van der Waals surface area contributed by atoms with E-state index in [1.807, 2.05) is 6.07 Å². The number of hydrogen-bond donors (Lipinski definition) is 2. The van der Waals surface area contributed by atoms with Gasteiger partial charge in [0.1, 0.15) is 5.82 Å². The van der Waals surface area contributed by atoms with E-state index in [9.17, 15) is 4.39 Å². The Hall–Kier alpha value is -1.10. The first-order valence-electron chi connectivity index (χ1n) is 6.46. The van der Waals surface area contributed by atoms with Crippen LogP contribution in [-0.4, -0.2) is 19.0 Å². The predicted molar refractivity (Wildman–Crippen MR) is 81.8 cm³/mol. The van der Waals surface area contributed by atoms with Gasteiger partial charge in [-0.05, 0) is 36.5 Å². The van der Waals surface area contributed by atoms with Crippen molar-refractivity contribution in [1.29, 1.82) is 0 Å². The molecule has 0 atom stereocenters. The minimum Gasteiger partial charge on any atom is -0.370 e. The van der Waals surface area contributed by atoms with Crippen molar-refractivity contribution in [3.8, 4) is 0 Å². The van der Waals surface area contributed by atoms with Gasteiger partial charge in [0, 0.05) is 17.6 Å². The van der Waals surface area contributed by atoms with Crippen LogP contribution in [0.25, 0.3) is 0 Å². The Kier molecular flexibility index (Phi) is 6.84. The number of guanidine groups is 1. The third kappa shape index (κ3) is 6.57. The molecule has 0 aliphatic rings. The molecule has 0 radical (unpaired) electrons. The van der Waals surface area contributed by atoms with E-state index in [1.165, 1.54) is 6.07 Å². The van der Waals surface area contributed by atoms with Gasteiger partial charge in [-0.1, -0.05) is 35.8 Å². The van der Waals surface area contributed by atoms with E-state index >= 15 is 0 Å². The van der Waals surface area contributed by atoms with E-state index in [0.717, 1.165) is 23.0 Å². The van der Waals surface area contributed by atoms with Gasteiger partial charge in [0.15, 0.2) is 5.96 Å². The molecule has 3 nitrogen and oxygen atoms in total. The molecule has 5 heteroatoms. The van der Waals surface area contributed by atoms with Gasteiger partial charge in [-0.2, -0.15) is 0 Å². The van der Waals surface area contributed by atoms with Crippen LogP contribution in [-0.2, 0) is 6.42 Å². The molecule has 0 saturated heterocycles. The summed E-state index contributed by atoms with van der Waals surface area (Å²) in [5.74, 6) is 0.790. The number of nitrogens with one attached hydrogen (secondary N) is 1. The molecule has 106 valence electrons. The fourth-order valence-corrected chi connectivity index (χ4v) is 1.89. The highest BCUT2D eigenvalue weighted by atomic mass is 79.9. The van der Waals surface area contributed by atoms with Crippen molar-refractivity contribution < 1.29 is 4.39 Å². The van der Waals surface area contributed by atoms with Crippen molar-refractivity contribution in [2.24, 2.45) is 16.6 Å².